The summed E-state index contributed by atoms with van der Waals surface area (Å²) in [4.78, 5) is 0. The summed E-state index contributed by atoms with van der Waals surface area (Å²) in [7, 11) is -2.38. The molecule has 0 aliphatic carbocycles. The van der Waals surface area contributed by atoms with Gasteiger partial charge in [0.2, 0.25) is 0 Å². The quantitative estimate of drug-likeness (QED) is 0.418. The van der Waals surface area contributed by atoms with Gasteiger partial charge in [0.1, 0.15) is 0 Å². The Bertz CT molecular complexity index is 74.7. The Balaban J connectivity index is -0.000000320. The SMILES string of the molecule is [Na+].[Na+].[O-]B([O-])OCC(O)CO. The third kappa shape index (κ3) is 14.7. The number of aliphatic hydroxyl groups excluding tert-OH is 2. The zero-order valence-corrected chi connectivity index (χ0v) is 10.7. The summed E-state index contributed by atoms with van der Waals surface area (Å²) in [5.74, 6) is 0. The van der Waals surface area contributed by atoms with Crippen LogP contribution in [-0.4, -0.2) is 36.9 Å². The summed E-state index contributed by atoms with van der Waals surface area (Å²) < 4.78 is 3.87. The summed E-state index contributed by atoms with van der Waals surface area (Å²) in [5, 5.41) is 35.7. The topological polar surface area (TPSA) is 95.8 Å². The Morgan fingerprint density at radius 1 is 1.36 bits per heavy atom. The van der Waals surface area contributed by atoms with Gasteiger partial charge in [0, 0.05) is 0 Å². The van der Waals surface area contributed by atoms with Crippen molar-refractivity contribution in [2.45, 2.75) is 6.10 Å². The van der Waals surface area contributed by atoms with E-state index in [1.807, 2.05) is 0 Å². The molecule has 0 aromatic carbocycles. The van der Waals surface area contributed by atoms with Crippen LogP contribution in [0.3, 0.4) is 0 Å². The molecule has 1 atom stereocenters. The fourth-order valence-electron chi connectivity index (χ4n) is 0.242. The Hall–Kier alpha value is 1.86. The molecule has 0 aromatic rings. The van der Waals surface area contributed by atoms with E-state index >= 15 is 0 Å². The molecule has 0 spiro atoms. The zero-order valence-electron chi connectivity index (χ0n) is 6.69. The van der Waals surface area contributed by atoms with E-state index < -0.39 is 26.6 Å². The Labute approximate surface area is 110 Å². The van der Waals surface area contributed by atoms with E-state index in [1.165, 1.54) is 0 Å². The fourth-order valence-corrected chi connectivity index (χ4v) is 0.242. The smallest absolute Gasteiger partial charge is 0.871 e. The molecule has 1 unspecified atom stereocenters. The summed E-state index contributed by atoms with van der Waals surface area (Å²) in [6.07, 6.45) is -1.13. The van der Waals surface area contributed by atoms with Crippen molar-refractivity contribution in [3.8, 4) is 0 Å². The number of aliphatic hydroxyl groups is 2. The third-order valence-corrected chi connectivity index (χ3v) is 0.635. The Morgan fingerprint density at radius 2 is 1.82 bits per heavy atom. The van der Waals surface area contributed by atoms with Gasteiger partial charge < -0.3 is 24.9 Å². The molecule has 0 aromatic heterocycles. The summed E-state index contributed by atoms with van der Waals surface area (Å²) in [6.45, 7) is -0.916. The largest absolute Gasteiger partial charge is 1.00 e. The van der Waals surface area contributed by atoms with Crippen molar-refractivity contribution in [1.82, 2.24) is 0 Å². The van der Waals surface area contributed by atoms with E-state index in [-0.39, 0.29) is 59.1 Å². The van der Waals surface area contributed by atoms with E-state index in [9.17, 15) is 10.0 Å². The van der Waals surface area contributed by atoms with Crippen LogP contribution in [0.1, 0.15) is 0 Å². The van der Waals surface area contributed by atoms with E-state index in [4.69, 9.17) is 10.2 Å². The molecule has 0 radical (unpaired) electrons. The number of rotatable bonds is 4. The van der Waals surface area contributed by atoms with E-state index in [2.05, 4.69) is 4.65 Å². The van der Waals surface area contributed by atoms with Crippen LogP contribution < -0.4 is 69.2 Å². The third-order valence-electron chi connectivity index (χ3n) is 0.635. The molecule has 0 amide bonds. The van der Waals surface area contributed by atoms with Crippen LogP contribution in [0.5, 0.6) is 0 Å². The number of hydrogen-bond acceptors (Lipinski definition) is 5. The summed E-state index contributed by atoms with van der Waals surface area (Å²) in [6, 6.07) is 0. The monoisotopic (exact) mass is 180 g/mol. The van der Waals surface area contributed by atoms with Crippen molar-refractivity contribution < 1.29 is 84.0 Å². The van der Waals surface area contributed by atoms with Gasteiger partial charge >= 0.3 is 59.1 Å². The van der Waals surface area contributed by atoms with Gasteiger partial charge in [-0.15, -0.1) is 0 Å². The van der Waals surface area contributed by atoms with E-state index in [0.717, 1.165) is 0 Å². The molecule has 0 saturated heterocycles. The molecule has 0 bridgehead atoms. The predicted molar refractivity (Wildman–Crippen MR) is 24.8 cm³/mol. The fraction of sp³-hybridized carbons (Fsp3) is 1.00. The van der Waals surface area contributed by atoms with Gasteiger partial charge in [-0.3, -0.25) is 0 Å². The second kappa shape index (κ2) is 11.9. The Kier molecular flexibility index (Phi) is 20.1. The maximum absolute atomic E-state index is 9.58. The predicted octanol–water partition coefficient (Wildman–Crippen LogP) is -9.93. The number of hydrogen-bond donors (Lipinski definition) is 2. The van der Waals surface area contributed by atoms with Crippen LogP contribution in [0.25, 0.3) is 0 Å². The molecule has 0 saturated carbocycles. The molecule has 11 heavy (non-hydrogen) atoms. The van der Waals surface area contributed by atoms with Crippen molar-refractivity contribution in [2.75, 3.05) is 13.2 Å². The van der Waals surface area contributed by atoms with Gasteiger partial charge in [0.15, 0.2) is 0 Å². The van der Waals surface area contributed by atoms with Crippen molar-refractivity contribution in [3.63, 3.8) is 0 Å². The molecule has 0 aliphatic heterocycles. The Morgan fingerprint density at radius 3 is 2.09 bits per heavy atom. The van der Waals surface area contributed by atoms with Gasteiger partial charge in [-0.1, -0.05) is 0 Å². The minimum atomic E-state index is -2.38. The summed E-state index contributed by atoms with van der Waals surface area (Å²) in [5.41, 5.74) is 0. The van der Waals surface area contributed by atoms with E-state index in [0.29, 0.717) is 0 Å². The molecule has 0 fully saturated rings. The van der Waals surface area contributed by atoms with Crippen LogP contribution >= 0.6 is 0 Å². The standard InChI is InChI=1S/C3H7BO5.2Na/c5-1-3(6)2-9-4(7)8;;/h3,5-6H,1-2H2;;/q-2;2*+1. The molecule has 54 valence electrons. The van der Waals surface area contributed by atoms with Crippen molar-refractivity contribution in [3.05, 3.63) is 0 Å². The van der Waals surface area contributed by atoms with Gasteiger partial charge in [0.25, 0.3) is 0 Å². The average molecular weight is 180 g/mol. The maximum atomic E-state index is 9.58. The molecular weight excluding hydrogens is 173 g/mol. The van der Waals surface area contributed by atoms with Crippen LogP contribution in [0.2, 0.25) is 0 Å². The van der Waals surface area contributed by atoms with Crippen molar-refractivity contribution in [1.29, 1.82) is 0 Å². The minimum Gasteiger partial charge on any atom is -0.871 e. The molecule has 0 aliphatic rings. The van der Waals surface area contributed by atoms with Gasteiger partial charge in [-0.25, -0.2) is 0 Å². The maximum Gasteiger partial charge on any atom is 1.00 e. The van der Waals surface area contributed by atoms with E-state index in [1.54, 1.807) is 0 Å². The van der Waals surface area contributed by atoms with Crippen LogP contribution in [0, 0.1) is 0 Å². The van der Waals surface area contributed by atoms with Crippen LogP contribution in [0.15, 0.2) is 0 Å². The molecule has 0 heterocycles. The van der Waals surface area contributed by atoms with Crippen molar-refractivity contribution >= 4 is 7.32 Å². The van der Waals surface area contributed by atoms with Crippen LogP contribution in [0.4, 0.5) is 0 Å². The first-order chi connectivity index (χ1) is 4.16. The average Bonchev–Trinajstić information content (AvgIpc) is 1.83. The normalized spacial score (nSPS) is 10.9. The molecule has 5 nitrogen and oxygen atoms in total. The molecule has 2 N–H and O–H groups in total. The van der Waals surface area contributed by atoms with Crippen molar-refractivity contribution in [2.24, 2.45) is 0 Å². The zero-order chi connectivity index (χ0) is 7.28. The molecular formula is C3H7BNa2O5. The summed E-state index contributed by atoms with van der Waals surface area (Å²) >= 11 is 0. The van der Waals surface area contributed by atoms with Gasteiger partial charge in [-0.05, 0) is 0 Å². The first kappa shape index (κ1) is 18.6. The minimum absolute atomic E-state index is 0. The van der Waals surface area contributed by atoms with Gasteiger partial charge in [-0.2, -0.15) is 0 Å². The molecule has 8 heteroatoms. The van der Waals surface area contributed by atoms with Crippen LogP contribution in [-0.2, 0) is 4.65 Å². The second-order valence-corrected chi connectivity index (χ2v) is 1.46. The first-order valence-electron chi connectivity index (χ1n) is 2.39. The first-order valence-corrected chi connectivity index (χ1v) is 2.39. The van der Waals surface area contributed by atoms with Gasteiger partial charge in [0.05, 0.1) is 26.6 Å². The molecule has 0 rings (SSSR count). The second-order valence-electron chi connectivity index (χ2n) is 1.46.